The van der Waals surface area contributed by atoms with Crippen LogP contribution in [0.1, 0.15) is 60.8 Å². The lowest BCUT2D eigenvalue weighted by Gasteiger charge is -2.38. The van der Waals surface area contributed by atoms with Crippen molar-refractivity contribution in [1.29, 1.82) is 0 Å². The number of carbonyl (C=O) groups excluding carboxylic acids is 1. The average Bonchev–Trinajstić information content (AvgIpc) is 2.70. The van der Waals surface area contributed by atoms with Crippen molar-refractivity contribution in [2.24, 2.45) is 40.1 Å². The number of hydrogen-bond donors (Lipinski definition) is 2. The Hall–Kier alpha value is -2.01. The third kappa shape index (κ3) is 7.35. The predicted molar refractivity (Wildman–Crippen MR) is 126 cm³/mol. The van der Waals surface area contributed by atoms with E-state index in [0.717, 1.165) is 0 Å². The molecule has 0 radical (unpaired) electrons. The minimum Gasteiger partial charge on any atom is -0.369 e. The molecule has 6 atom stereocenters. The highest BCUT2D eigenvalue weighted by Crippen LogP contribution is 2.40. The summed E-state index contributed by atoms with van der Waals surface area (Å²) in [5.41, 5.74) is 13.9. The van der Waals surface area contributed by atoms with Gasteiger partial charge in [-0.3, -0.25) is 9.79 Å². The van der Waals surface area contributed by atoms with Gasteiger partial charge < -0.3 is 11.5 Å². The fourth-order valence-corrected chi connectivity index (χ4v) is 3.96. The molecule has 4 nitrogen and oxygen atoms in total. The van der Waals surface area contributed by atoms with E-state index in [2.05, 4.69) is 25.8 Å². The van der Waals surface area contributed by atoms with Crippen molar-refractivity contribution in [2.45, 2.75) is 72.9 Å². The van der Waals surface area contributed by atoms with Gasteiger partial charge in [-0.25, -0.2) is 4.39 Å². The summed E-state index contributed by atoms with van der Waals surface area (Å²) < 4.78 is 14.0. The molecule has 1 unspecified atom stereocenters. The number of allylic oxidation sites excluding steroid dienone is 5. The number of halogens is 1. The van der Waals surface area contributed by atoms with Crippen molar-refractivity contribution in [2.75, 3.05) is 0 Å². The molecule has 4 N–H and O–H groups in total. The average molecular weight is 418 g/mol. The molecule has 1 rings (SSSR count). The van der Waals surface area contributed by atoms with E-state index in [-0.39, 0.29) is 35.7 Å². The molecule has 0 heterocycles. The number of nitrogens with two attached hydrogens (primary N) is 2. The first kappa shape index (κ1) is 26.0. The minimum atomic E-state index is -0.284. The largest absolute Gasteiger partial charge is 0.369 e. The zero-order valence-electron chi connectivity index (χ0n) is 19.4. The Morgan fingerprint density at radius 2 is 1.93 bits per heavy atom. The van der Waals surface area contributed by atoms with Crippen molar-refractivity contribution in [1.82, 2.24) is 0 Å². The van der Waals surface area contributed by atoms with Crippen LogP contribution in [0.2, 0.25) is 0 Å². The Morgan fingerprint density at radius 3 is 2.50 bits per heavy atom. The van der Waals surface area contributed by atoms with Gasteiger partial charge in [0.05, 0.1) is 12.0 Å². The lowest BCUT2D eigenvalue weighted by atomic mass is 9.68. The van der Waals surface area contributed by atoms with Crippen LogP contribution in [0.15, 0.2) is 52.3 Å². The monoisotopic (exact) mass is 417 g/mol. The van der Waals surface area contributed by atoms with Crippen molar-refractivity contribution < 1.29 is 9.18 Å². The molecule has 0 fully saturated rings. The molecule has 0 spiro atoms. The van der Waals surface area contributed by atoms with Gasteiger partial charge in [-0.1, -0.05) is 51.5 Å². The fourth-order valence-electron chi connectivity index (χ4n) is 3.96. The summed E-state index contributed by atoms with van der Waals surface area (Å²) >= 11 is 0. The molecule has 1 aliphatic carbocycles. The van der Waals surface area contributed by atoms with E-state index in [0.29, 0.717) is 36.7 Å². The molecule has 0 bridgehead atoms. The van der Waals surface area contributed by atoms with E-state index in [1.54, 1.807) is 19.2 Å². The molecular formula is C25H40FN3O. The third-order valence-corrected chi connectivity index (χ3v) is 6.44. The van der Waals surface area contributed by atoms with Gasteiger partial charge >= 0.3 is 0 Å². The Labute approximate surface area is 182 Å². The predicted octanol–water partition coefficient (Wildman–Crippen LogP) is 5.27. The molecule has 0 aliphatic heterocycles. The van der Waals surface area contributed by atoms with E-state index in [1.165, 1.54) is 5.57 Å². The van der Waals surface area contributed by atoms with Crippen LogP contribution in [0.5, 0.6) is 0 Å². The molecule has 0 aromatic carbocycles. The van der Waals surface area contributed by atoms with Crippen LogP contribution >= 0.6 is 0 Å². The van der Waals surface area contributed by atoms with Gasteiger partial charge in [-0.05, 0) is 68.6 Å². The fraction of sp³-hybridized carbons (Fsp3) is 0.600. The van der Waals surface area contributed by atoms with E-state index < -0.39 is 0 Å². The maximum atomic E-state index is 14.0. The molecule has 5 heteroatoms. The topological polar surface area (TPSA) is 81.5 Å². The number of nitrogens with zero attached hydrogens (tertiary/aromatic N) is 1. The van der Waals surface area contributed by atoms with Gasteiger partial charge in [-0.2, -0.15) is 0 Å². The van der Waals surface area contributed by atoms with Crippen LogP contribution in [0, 0.1) is 23.7 Å². The summed E-state index contributed by atoms with van der Waals surface area (Å²) in [4.78, 5) is 16.6. The molecule has 30 heavy (non-hydrogen) atoms. The highest BCUT2D eigenvalue weighted by molar-refractivity contribution is 5.79. The van der Waals surface area contributed by atoms with Gasteiger partial charge in [0.25, 0.3) is 0 Å². The number of primary amides is 1. The smallest absolute Gasteiger partial charge is 0.224 e. The molecule has 0 aromatic heterocycles. The Morgan fingerprint density at radius 1 is 1.27 bits per heavy atom. The van der Waals surface area contributed by atoms with E-state index >= 15 is 0 Å². The minimum absolute atomic E-state index is 0.161. The SMILES string of the molecule is C/C=C\C=NC(CC1=C[C@@H](C(N)=O)[C@@H](C)[C@@H](C)[C@H]1C)[C@@H](N)C/C=C(C)\C(F)=C/CC. The molecule has 168 valence electrons. The number of hydrogen-bond acceptors (Lipinski definition) is 3. The Bertz CT molecular complexity index is 720. The highest BCUT2D eigenvalue weighted by Gasteiger charge is 2.36. The van der Waals surface area contributed by atoms with Crippen LogP contribution < -0.4 is 11.5 Å². The van der Waals surface area contributed by atoms with E-state index in [1.807, 2.05) is 38.2 Å². The van der Waals surface area contributed by atoms with E-state index in [4.69, 9.17) is 11.5 Å². The normalized spacial score (nSPS) is 28.1. The molecule has 0 saturated carbocycles. The summed E-state index contributed by atoms with van der Waals surface area (Å²) in [6, 6.07) is -0.419. The van der Waals surface area contributed by atoms with Crippen LogP contribution in [0.25, 0.3) is 0 Å². The number of amides is 1. The number of aliphatic imine (C=N–C) groups is 1. The highest BCUT2D eigenvalue weighted by atomic mass is 19.1. The van der Waals surface area contributed by atoms with Crippen LogP contribution in [-0.2, 0) is 4.79 Å². The molecule has 1 aliphatic rings. The van der Waals surface area contributed by atoms with Crippen LogP contribution in [0.3, 0.4) is 0 Å². The lowest BCUT2D eigenvalue weighted by molar-refractivity contribution is -0.122. The molecule has 0 saturated heterocycles. The lowest BCUT2D eigenvalue weighted by Crippen LogP contribution is -2.39. The zero-order valence-corrected chi connectivity index (χ0v) is 19.4. The molecular weight excluding hydrogens is 377 g/mol. The summed E-state index contributed by atoms with van der Waals surface area (Å²) in [5.74, 6) is 0.124. The third-order valence-electron chi connectivity index (χ3n) is 6.44. The quantitative estimate of drug-likeness (QED) is 0.288. The first-order valence-electron chi connectivity index (χ1n) is 11.1. The summed E-state index contributed by atoms with van der Waals surface area (Å²) in [7, 11) is 0. The van der Waals surface area contributed by atoms with Gasteiger partial charge in [0.2, 0.25) is 5.91 Å². The first-order valence-corrected chi connectivity index (χ1v) is 11.1. The maximum Gasteiger partial charge on any atom is 0.224 e. The standard InChI is InChI=1S/C25H40FN3O/c1-7-9-13-29-24(23(27)12-11-16(3)22(26)10-8-2)15-20-14-21(25(28)30)19(6)17(4)18(20)5/h7,9-11,13-14,17-19,21,23-24H,8,12,15,27H2,1-6H3,(H2,28,30)/b9-7-,16-11-,22-10+,29-13?/t17-,18+,19-,21+,23-,24?/m0/s1. The van der Waals surface area contributed by atoms with Crippen molar-refractivity contribution in [3.05, 3.63) is 47.4 Å². The van der Waals surface area contributed by atoms with Gasteiger partial charge in [0.15, 0.2) is 0 Å². The van der Waals surface area contributed by atoms with Gasteiger partial charge in [0, 0.05) is 12.3 Å². The van der Waals surface area contributed by atoms with Gasteiger partial charge in [-0.15, -0.1) is 0 Å². The van der Waals surface area contributed by atoms with Crippen LogP contribution in [0.4, 0.5) is 4.39 Å². The zero-order chi connectivity index (χ0) is 22.8. The summed E-state index contributed by atoms with van der Waals surface area (Å²) in [5, 5.41) is 0. The second-order valence-electron chi connectivity index (χ2n) is 8.52. The van der Waals surface area contributed by atoms with Gasteiger partial charge in [0.1, 0.15) is 5.83 Å². The van der Waals surface area contributed by atoms with Crippen molar-refractivity contribution in [3.8, 4) is 0 Å². The Balaban J connectivity index is 3.10. The second-order valence-corrected chi connectivity index (χ2v) is 8.52. The van der Waals surface area contributed by atoms with E-state index in [9.17, 15) is 9.18 Å². The maximum absolute atomic E-state index is 14.0. The number of rotatable bonds is 10. The first-order chi connectivity index (χ1) is 14.1. The number of carbonyl (C=O) groups is 1. The molecule has 0 aromatic rings. The van der Waals surface area contributed by atoms with Crippen molar-refractivity contribution >= 4 is 12.1 Å². The summed E-state index contributed by atoms with van der Waals surface area (Å²) in [6.45, 7) is 12.1. The van der Waals surface area contributed by atoms with Crippen molar-refractivity contribution in [3.63, 3.8) is 0 Å². The summed E-state index contributed by atoms with van der Waals surface area (Å²) in [6.07, 6.45) is 12.9. The molecule has 1 amide bonds. The van der Waals surface area contributed by atoms with Crippen LogP contribution in [-0.4, -0.2) is 24.2 Å². The second kappa shape index (κ2) is 12.6. The Kier molecular flexibility index (Phi) is 11.0.